The number of nitrogens with one attached hydrogen (secondary N) is 1. The number of likely N-dealkylation sites (tertiary alicyclic amines) is 1. The molecule has 2 aliphatic rings. The number of ether oxygens (including phenoxy) is 1. The van der Waals surface area contributed by atoms with Crippen molar-refractivity contribution >= 4 is 12.0 Å². The molecule has 26 heavy (non-hydrogen) atoms. The number of piperidine rings is 1. The van der Waals surface area contributed by atoms with Crippen LogP contribution in [-0.4, -0.2) is 41.6 Å². The normalized spacial score (nSPS) is 21.0. The molecule has 5 heteroatoms. The standard InChI is InChI=1S/C21H30N2O3/c1-21(2,3)26-20(25)23-12-10-16(11-13-23)19(24)22-18-9-8-15-6-4-5-7-17(15)14-18/h4-7,16,18H,8-14H2,1-3H3,(H,22,24). The van der Waals surface area contributed by atoms with Crippen molar-refractivity contribution in [3.63, 3.8) is 0 Å². The van der Waals surface area contributed by atoms with Gasteiger partial charge in [-0.25, -0.2) is 4.79 Å². The zero-order valence-electron chi connectivity index (χ0n) is 16.1. The number of aryl methyl sites for hydroxylation is 1. The molecule has 1 aliphatic heterocycles. The number of benzene rings is 1. The Kier molecular flexibility index (Phi) is 5.54. The molecule has 1 heterocycles. The highest BCUT2D eigenvalue weighted by Gasteiger charge is 2.31. The van der Waals surface area contributed by atoms with E-state index in [1.807, 2.05) is 20.8 Å². The van der Waals surface area contributed by atoms with Crippen molar-refractivity contribution in [2.24, 2.45) is 5.92 Å². The van der Waals surface area contributed by atoms with Crippen LogP contribution in [-0.2, 0) is 22.4 Å². The maximum Gasteiger partial charge on any atom is 0.410 e. The summed E-state index contributed by atoms with van der Waals surface area (Å²) in [5.74, 6) is 0.129. The van der Waals surface area contributed by atoms with Crippen LogP contribution in [0.25, 0.3) is 0 Å². The van der Waals surface area contributed by atoms with E-state index < -0.39 is 5.60 Å². The summed E-state index contributed by atoms with van der Waals surface area (Å²) in [4.78, 5) is 26.5. The van der Waals surface area contributed by atoms with Gasteiger partial charge in [0.05, 0.1) is 0 Å². The molecule has 1 fully saturated rings. The van der Waals surface area contributed by atoms with E-state index >= 15 is 0 Å². The second-order valence-corrected chi connectivity index (χ2v) is 8.46. The molecule has 1 saturated heterocycles. The minimum atomic E-state index is -0.484. The Morgan fingerprint density at radius 3 is 2.38 bits per heavy atom. The van der Waals surface area contributed by atoms with E-state index in [9.17, 15) is 9.59 Å². The number of carbonyl (C=O) groups excluding carboxylic acids is 2. The molecular formula is C21H30N2O3. The minimum Gasteiger partial charge on any atom is -0.444 e. The molecule has 1 aromatic carbocycles. The van der Waals surface area contributed by atoms with Crippen molar-refractivity contribution in [1.82, 2.24) is 10.2 Å². The summed E-state index contributed by atoms with van der Waals surface area (Å²) < 4.78 is 5.41. The molecule has 0 aromatic heterocycles. The quantitative estimate of drug-likeness (QED) is 0.882. The lowest BCUT2D eigenvalue weighted by molar-refractivity contribution is -0.127. The average molecular weight is 358 g/mol. The van der Waals surface area contributed by atoms with E-state index in [4.69, 9.17) is 4.74 Å². The summed E-state index contributed by atoms with van der Waals surface area (Å²) in [7, 11) is 0. The molecule has 0 bridgehead atoms. The lowest BCUT2D eigenvalue weighted by Crippen LogP contribution is -2.47. The summed E-state index contributed by atoms with van der Waals surface area (Å²) >= 11 is 0. The number of fused-ring (bicyclic) bond motifs is 1. The van der Waals surface area contributed by atoms with Crippen LogP contribution < -0.4 is 5.32 Å². The third kappa shape index (κ3) is 4.77. The number of amides is 2. The first-order valence-corrected chi connectivity index (χ1v) is 9.67. The Balaban J connectivity index is 1.46. The van der Waals surface area contributed by atoms with Crippen LogP contribution in [0.2, 0.25) is 0 Å². The van der Waals surface area contributed by atoms with Crippen LogP contribution in [0.5, 0.6) is 0 Å². The fourth-order valence-electron chi connectivity index (χ4n) is 3.79. The third-order valence-corrected chi connectivity index (χ3v) is 5.21. The largest absolute Gasteiger partial charge is 0.444 e. The lowest BCUT2D eigenvalue weighted by atomic mass is 9.87. The van der Waals surface area contributed by atoms with E-state index in [1.54, 1.807) is 4.90 Å². The van der Waals surface area contributed by atoms with Crippen molar-refractivity contribution in [1.29, 1.82) is 0 Å². The Labute approximate surface area is 156 Å². The van der Waals surface area contributed by atoms with Crippen LogP contribution in [0.1, 0.15) is 51.2 Å². The van der Waals surface area contributed by atoms with Crippen LogP contribution in [0, 0.1) is 5.92 Å². The SMILES string of the molecule is CC(C)(C)OC(=O)N1CCC(C(=O)NC2CCc3ccccc3C2)CC1. The maximum absolute atomic E-state index is 12.6. The maximum atomic E-state index is 12.6. The van der Waals surface area contributed by atoms with E-state index in [-0.39, 0.29) is 24.0 Å². The predicted octanol–water partition coefficient (Wildman–Crippen LogP) is 3.31. The molecule has 0 spiro atoms. The highest BCUT2D eigenvalue weighted by molar-refractivity contribution is 5.79. The number of hydrogen-bond donors (Lipinski definition) is 1. The highest BCUT2D eigenvalue weighted by Crippen LogP contribution is 2.23. The minimum absolute atomic E-state index is 0.00847. The van der Waals surface area contributed by atoms with E-state index in [0.717, 1.165) is 19.3 Å². The van der Waals surface area contributed by atoms with Gasteiger partial charge < -0.3 is 15.0 Å². The summed E-state index contributed by atoms with van der Waals surface area (Å²) in [5, 5.41) is 3.24. The lowest BCUT2D eigenvalue weighted by Gasteiger charge is -2.34. The van der Waals surface area contributed by atoms with Crippen LogP contribution in [0.15, 0.2) is 24.3 Å². The molecule has 5 nitrogen and oxygen atoms in total. The summed E-state index contributed by atoms with van der Waals surface area (Å²) in [6, 6.07) is 8.71. The molecule has 1 N–H and O–H groups in total. The third-order valence-electron chi connectivity index (χ3n) is 5.21. The Morgan fingerprint density at radius 2 is 1.73 bits per heavy atom. The fraction of sp³-hybridized carbons (Fsp3) is 0.619. The number of rotatable bonds is 2. The molecule has 1 aromatic rings. The monoisotopic (exact) mass is 358 g/mol. The van der Waals surface area contributed by atoms with Gasteiger partial charge in [0, 0.05) is 25.0 Å². The van der Waals surface area contributed by atoms with Crippen LogP contribution in [0.4, 0.5) is 4.79 Å². The van der Waals surface area contributed by atoms with Gasteiger partial charge in [-0.05, 0) is 64.0 Å². The molecular weight excluding hydrogens is 328 g/mol. The zero-order chi connectivity index (χ0) is 18.7. The van der Waals surface area contributed by atoms with E-state index in [1.165, 1.54) is 11.1 Å². The zero-order valence-corrected chi connectivity index (χ0v) is 16.1. The summed E-state index contributed by atoms with van der Waals surface area (Å²) in [6.45, 7) is 6.77. The highest BCUT2D eigenvalue weighted by atomic mass is 16.6. The van der Waals surface area contributed by atoms with Gasteiger partial charge in [0.15, 0.2) is 0 Å². The first kappa shape index (κ1) is 18.7. The van der Waals surface area contributed by atoms with Crippen LogP contribution in [0.3, 0.4) is 0 Å². The summed E-state index contributed by atoms with van der Waals surface area (Å²) in [6.07, 6.45) is 4.07. The molecule has 1 aliphatic carbocycles. The van der Waals surface area contributed by atoms with Crippen molar-refractivity contribution in [2.45, 2.75) is 64.5 Å². The van der Waals surface area contributed by atoms with Gasteiger partial charge >= 0.3 is 6.09 Å². The van der Waals surface area contributed by atoms with Crippen molar-refractivity contribution in [3.05, 3.63) is 35.4 Å². The fourth-order valence-corrected chi connectivity index (χ4v) is 3.79. The van der Waals surface area contributed by atoms with Gasteiger partial charge in [-0.15, -0.1) is 0 Å². The van der Waals surface area contributed by atoms with Gasteiger partial charge in [0.1, 0.15) is 5.60 Å². The molecule has 142 valence electrons. The Hall–Kier alpha value is -2.04. The second-order valence-electron chi connectivity index (χ2n) is 8.46. The van der Waals surface area contributed by atoms with Crippen LogP contribution >= 0.6 is 0 Å². The Morgan fingerprint density at radius 1 is 1.08 bits per heavy atom. The number of hydrogen-bond acceptors (Lipinski definition) is 3. The topological polar surface area (TPSA) is 58.6 Å². The molecule has 0 saturated carbocycles. The Bertz CT molecular complexity index is 657. The van der Waals surface area contributed by atoms with Crippen molar-refractivity contribution in [3.8, 4) is 0 Å². The van der Waals surface area contributed by atoms with Gasteiger partial charge in [0.25, 0.3) is 0 Å². The van der Waals surface area contributed by atoms with Crippen molar-refractivity contribution in [2.75, 3.05) is 13.1 Å². The molecule has 0 radical (unpaired) electrons. The first-order chi connectivity index (χ1) is 12.3. The molecule has 2 amide bonds. The second kappa shape index (κ2) is 7.68. The first-order valence-electron chi connectivity index (χ1n) is 9.67. The van der Waals surface area contributed by atoms with E-state index in [0.29, 0.717) is 25.9 Å². The number of carbonyl (C=O) groups is 2. The average Bonchev–Trinajstić information content (AvgIpc) is 2.60. The van der Waals surface area contributed by atoms with Gasteiger partial charge in [-0.3, -0.25) is 4.79 Å². The van der Waals surface area contributed by atoms with Gasteiger partial charge in [-0.2, -0.15) is 0 Å². The van der Waals surface area contributed by atoms with Gasteiger partial charge in [0.2, 0.25) is 5.91 Å². The predicted molar refractivity (Wildman–Crippen MR) is 101 cm³/mol. The number of nitrogens with zero attached hydrogens (tertiary/aromatic N) is 1. The van der Waals surface area contributed by atoms with Gasteiger partial charge in [-0.1, -0.05) is 24.3 Å². The molecule has 1 unspecified atom stereocenters. The smallest absolute Gasteiger partial charge is 0.410 e. The molecule has 3 rings (SSSR count). The summed E-state index contributed by atoms with van der Waals surface area (Å²) in [5.41, 5.74) is 2.27. The van der Waals surface area contributed by atoms with E-state index in [2.05, 4.69) is 29.6 Å². The molecule has 1 atom stereocenters. The van der Waals surface area contributed by atoms with Crippen molar-refractivity contribution < 1.29 is 14.3 Å².